The molecule has 258 valence electrons. The second kappa shape index (κ2) is 15.7. The Kier molecular flexibility index (Phi) is 11.2. The zero-order chi connectivity index (χ0) is 35.1. The maximum atomic E-state index is 13.9. The molecular formula is C37H43N5O7. The Balaban J connectivity index is 1.45. The van der Waals surface area contributed by atoms with E-state index in [4.69, 9.17) is 18.7 Å². The Morgan fingerprint density at radius 1 is 1.02 bits per heavy atom. The third kappa shape index (κ3) is 7.69. The molecule has 4 aromatic rings. The van der Waals surface area contributed by atoms with Crippen molar-refractivity contribution < 1.29 is 28.3 Å². The van der Waals surface area contributed by atoms with E-state index >= 15 is 0 Å². The highest BCUT2D eigenvalue weighted by molar-refractivity contribution is 5.86. The van der Waals surface area contributed by atoms with Crippen molar-refractivity contribution in [2.45, 2.75) is 58.5 Å². The Morgan fingerprint density at radius 3 is 2.45 bits per heavy atom. The van der Waals surface area contributed by atoms with Crippen LogP contribution in [0.25, 0.3) is 22.5 Å². The van der Waals surface area contributed by atoms with Crippen molar-refractivity contribution in [1.29, 1.82) is 0 Å². The smallest absolute Gasteiger partial charge is 0.242 e. The SMILES string of the molecule is CCC(C)C(Nc1ccc2c(cc1=O)C(NC(C)=O)CCc1cc(OC)c(OC)c(OC)c1-2)C(=O)NCCc1nc(-c2ccccc2)no1. The number of carbonyl (C=O) groups excluding carboxylic acids is 2. The minimum atomic E-state index is -0.709. The van der Waals surface area contributed by atoms with E-state index < -0.39 is 12.1 Å². The Hall–Kier alpha value is -5.39. The van der Waals surface area contributed by atoms with Gasteiger partial charge in [-0.05, 0) is 53.6 Å². The molecular weight excluding hydrogens is 626 g/mol. The van der Waals surface area contributed by atoms with Gasteiger partial charge in [0.1, 0.15) is 6.04 Å². The molecule has 3 atom stereocenters. The van der Waals surface area contributed by atoms with E-state index in [0.717, 1.165) is 16.7 Å². The molecule has 3 aromatic carbocycles. The first kappa shape index (κ1) is 34.9. The molecule has 1 aliphatic carbocycles. The number of fused-ring (bicyclic) bond motifs is 3. The summed E-state index contributed by atoms with van der Waals surface area (Å²) in [5, 5.41) is 13.3. The summed E-state index contributed by atoms with van der Waals surface area (Å²) >= 11 is 0. The number of nitrogens with one attached hydrogen (secondary N) is 3. The van der Waals surface area contributed by atoms with Crippen molar-refractivity contribution in [2.24, 2.45) is 5.92 Å². The summed E-state index contributed by atoms with van der Waals surface area (Å²) in [6.07, 6.45) is 2.16. The van der Waals surface area contributed by atoms with Gasteiger partial charge in [0, 0.05) is 31.0 Å². The average Bonchev–Trinajstić information content (AvgIpc) is 3.46. The van der Waals surface area contributed by atoms with Crippen LogP contribution in [0.2, 0.25) is 0 Å². The van der Waals surface area contributed by atoms with Crippen LogP contribution < -0.4 is 35.6 Å². The summed E-state index contributed by atoms with van der Waals surface area (Å²) in [6, 6.07) is 15.3. The van der Waals surface area contributed by atoms with Crippen LogP contribution in [0.1, 0.15) is 56.7 Å². The average molecular weight is 670 g/mol. The lowest BCUT2D eigenvalue weighted by molar-refractivity contribution is -0.123. The van der Waals surface area contributed by atoms with Crippen molar-refractivity contribution in [2.75, 3.05) is 33.2 Å². The number of benzene rings is 2. The molecule has 0 aliphatic heterocycles. The van der Waals surface area contributed by atoms with Gasteiger partial charge in [-0.1, -0.05) is 61.8 Å². The van der Waals surface area contributed by atoms with Crippen molar-refractivity contribution >= 4 is 17.5 Å². The van der Waals surface area contributed by atoms with Crippen LogP contribution in [0.15, 0.2) is 63.9 Å². The van der Waals surface area contributed by atoms with Crippen LogP contribution in [-0.4, -0.2) is 55.9 Å². The molecule has 0 saturated heterocycles. The van der Waals surface area contributed by atoms with Gasteiger partial charge in [0.25, 0.3) is 0 Å². The lowest BCUT2D eigenvalue weighted by atomic mass is 9.95. The molecule has 0 radical (unpaired) electrons. The molecule has 3 unspecified atom stereocenters. The topological polar surface area (TPSA) is 154 Å². The molecule has 12 heteroatoms. The fraction of sp³-hybridized carbons (Fsp3) is 0.378. The molecule has 0 fully saturated rings. The van der Waals surface area contributed by atoms with Gasteiger partial charge in [0.15, 0.2) is 11.5 Å². The number of methoxy groups -OCH3 is 3. The summed E-state index contributed by atoms with van der Waals surface area (Å²) in [5.74, 6) is 1.70. The molecule has 5 rings (SSSR count). The molecule has 1 heterocycles. The maximum Gasteiger partial charge on any atom is 0.242 e. The van der Waals surface area contributed by atoms with Crippen LogP contribution >= 0.6 is 0 Å². The number of nitrogens with zero attached hydrogens (tertiary/aromatic N) is 2. The largest absolute Gasteiger partial charge is 0.493 e. The number of aryl methyl sites for hydroxylation is 1. The van der Waals surface area contributed by atoms with Gasteiger partial charge in [0.2, 0.25) is 34.7 Å². The van der Waals surface area contributed by atoms with Gasteiger partial charge in [-0.25, -0.2) is 0 Å². The number of rotatable bonds is 13. The molecule has 0 bridgehead atoms. The van der Waals surface area contributed by atoms with E-state index in [2.05, 4.69) is 26.1 Å². The zero-order valence-corrected chi connectivity index (χ0v) is 28.7. The van der Waals surface area contributed by atoms with E-state index in [1.165, 1.54) is 20.1 Å². The molecule has 12 nitrogen and oxygen atoms in total. The van der Waals surface area contributed by atoms with Crippen LogP contribution in [0, 0.1) is 5.92 Å². The highest BCUT2D eigenvalue weighted by Gasteiger charge is 2.30. The molecule has 1 aromatic heterocycles. The predicted octanol–water partition coefficient (Wildman–Crippen LogP) is 5.10. The van der Waals surface area contributed by atoms with Gasteiger partial charge < -0.3 is 34.7 Å². The molecule has 3 N–H and O–H groups in total. The fourth-order valence-corrected chi connectivity index (χ4v) is 6.16. The van der Waals surface area contributed by atoms with Crippen LogP contribution in [0.3, 0.4) is 0 Å². The van der Waals surface area contributed by atoms with Crippen molar-refractivity contribution in [3.8, 4) is 39.8 Å². The van der Waals surface area contributed by atoms with Crippen LogP contribution in [-0.2, 0) is 22.4 Å². The third-order valence-corrected chi connectivity index (χ3v) is 8.86. The zero-order valence-electron chi connectivity index (χ0n) is 28.7. The second-order valence-corrected chi connectivity index (χ2v) is 12.0. The van der Waals surface area contributed by atoms with E-state index in [1.807, 2.05) is 56.3 Å². The summed E-state index contributed by atoms with van der Waals surface area (Å²) < 4.78 is 22.6. The summed E-state index contributed by atoms with van der Waals surface area (Å²) in [7, 11) is 4.66. The van der Waals surface area contributed by atoms with Crippen LogP contribution in [0.5, 0.6) is 17.2 Å². The van der Waals surface area contributed by atoms with E-state index in [1.54, 1.807) is 20.3 Å². The first-order chi connectivity index (χ1) is 23.7. The molecule has 0 spiro atoms. The minimum Gasteiger partial charge on any atom is -0.493 e. The van der Waals surface area contributed by atoms with Crippen LogP contribution in [0.4, 0.5) is 5.69 Å². The predicted molar refractivity (Wildman–Crippen MR) is 186 cm³/mol. The molecule has 1 aliphatic rings. The lowest BCUT2D eigenvalue weighted by Crippen LogP contribution is -2.45. The third-order valence-electron chi connectivity index (χ3n) is 8.86. The Labute approximate surface area is 285 Å². The minimum absolute atomic E-state index is 0.111. The Bertz CT molecular complexity index is 1860. The van der Waals surface area contributed by atoms with Gasteiger partial charge >= 0.3 is 0 Å². The normalized spacial score (nSPS) is 14.7. The van der Waals surface area contributed by atoms with Crippen molar-refractivity contribution in [1.82, 2.24) is 20.8 Å². The van der Waals surface area contributed by atoms with Crippen molar-refractivity contribution in [3.63, 3.8) is 0 Å². The number of aromatic nitrogens is 2. The van der Waals surface area contributed by atoms with E-state index in [9.17, 15) is 14.4 Å². The second-order valence-electron chi connectivity index (χ2n) is 12.0. The van der Waals surface area contributed by atoms with Gasteiger partial charge in [-0.15, -0.1) is 0 Å². The highest BCUT2D eigenvalue weighted by Crippen LogP contribution is 2.50. The first-order valence-electron chi connectivity index (χ1n) is 16.4. The first-order valence-corrected chi connectivity index (χ1v) is 16.4. The summed E-state index contributed by atoms with van der Waals surface area (Å²) in [6.45, 7) is 5.67. The van der Waals surface area contributed by atoms with E-state index in [0.29, 0.717) is 65.8 Å². The molecule has 49 heavy (non-hydrogen) atoms. The molecule has 2 amide bonds. The Morgan fingerprint density at radius 2 is 1.78 bits per heavy atom. The van der Waals surface area contributed by atoms with Gasteiger partial charge in [-0.2, -0.15) is 4.98 Å². The van der Waals surface area contributed by atoms with Gasteiger partial charge in [-0.3, -0.25) is 14.4 Å². The van der Waals surface area contributed by atoms with Crippen molar-refractivity contribution in [3.05, 3.63) is 81.8 Å². The maximum absolute atomic E-state index is 13.9. The number of ether oxygens (including phenoxy) is 3. The number of hydrogen-bond donors (Lipinski definition) is 3. The highest BCUT2D eigenvalue weighted by atomic mass is 16.5. The molecule has 0 saturated carbocycles. The summed E-state index contributed by atoms with van der Waals surface area (Å²) in [4.78, 5) is 44.2. The number of hydrogen-bond acceptors (Lipinski definition) is 10. The monoisotopic (exact) mass is 669 g/mol. The standard InChI is InChI=1S/C37H43N5O7/c1-7-21(2)33(37(45)38-18-17-31-41-36(42-49-31)23-11-9-8-10-12-23)40-28-16-14-25-26(20-29(28)44)27(39-22(3)43)15-13-24-19-30(46-4)34(47-5)35(48-6)32(24)25/h8-12,14,16,19-21,27,33H,7,13,15,17-18H2,1-6H3,(H,38,45)(H,39,43)(H,40,44). The lowest BCUT2D eigenvalue weighted by Gasteiger charge is -2.24. The van der Waals surface area contributed by atoms with Gasteiger partial charge in [0.05, 0.1) is 33.1 Å². The number of amides is 2. The fourth-order valence-electron chi connectivity index (χ4n) is 6.16. The quantitative estimate of drug-likeness (QED) is 0.175. The summed E-state index contributed by atoms with van der Waals surface area (Å²) in [5.41, 5.74) is 3.78. The number of carbonyl (C=O) groups is 2. The van der Waals surface area contributed by atoms with E-state index in [-0.39, 0.29) is 35.4 Å². The number of anilines is 1.